The standard InChI is InChI=1S/C11H14O.C9H11N.2CH4/c1-9-7-8-11(12-9)10-5-3-2-4-6-10;1-7-6-8-4-2-3-5-9(8)10-7;;/h2-6,9,11H,7-8H2,1H3;2-5,7,10H,6H2,1H3;2*1H4. The Morgan fingerprint density at radius 3 is 2.17 bits per heavy atom. The SMILES string of the molecule is C.C.CC1CCC(c2ccccc2)O1.CC1Cc2ccccc2N1. The molecule has 0 amide bonds. The highest BCUT2D eigenvalue weighted by Gasteiger charge is 2.22. The van der Waals surface area contributed by atoms with E-state index < -0.39 is 0 Å². The quantitative estimate of drug-likeness (QED) is 0.669. The fraction of sp³-hybridized carbons (Fsp3) is 0.455. The number of nitrogens with one attached hydrogen (secondary N) is 1. The smallest absolute Gasteiger partial charge is 0.0829 e. The molecule has 24 heavy (non-hydrogen) atoms. The van der Waals surface area contributed by atoms with E-state index in [-0.39, 0.29) is 14.9 Å². The molecule has 2 aromatic rings. The van der Waals surface area contributed by atoms with Crippen molar-refractivity contribution in [1.29, 1.82) is 0 Å². The maximum atomic E-state index is 5.75. The molecule has 0 spiro atoms. The van der Waals surface area contributed by atoms with Crippen molar-refractivity contribution in [3.63, 3.8) is 0 Å². The summed E-state index contributed by atoms with van der Waals surface area (Å²) in [5, 5.41) is 3.40. The second-order valence-corrected chi connectivity index (χ2v) is 6.33. The van der Waals surface area contributed by atoms with E-state index in [1.165, 1.54) is 36.1 Å². The van der Waals surface area contributed by atoms with Crippen LogP contribution < -0.4 is 5.32 Å². The molecule has 3 unspecified atom stereocenters. The van der Waals surface area contributed by atoms with Crippen LogP contribution in [0.4, 0.5) is 5.69 Å². The Balaban J connectivity index is 0.000000224. The first kappa shape index (κ1) is 20.2. The van der Waals surface area contributed by atoms with Crippen molar-refractivity contribution in [2.45, 2.75) is 66.2 Å². The lowest BCUT2D eigenvalue weighted by Crippen LogP contribution is -2.08. The lowest BCUT2D eigenvalue weighted by Gasteiger charge is -2.10. The van der Waals surface area contributed by atoms with Gasteiger partial charge in [-0.05, 0) is 50.3 Å². The summed E-state index contributed by atoms with van der Waals surface area (Å²) in [5.41, 5.74) is 4.09. The van der Waals surface area contributed by atoms with Gasteiger partial charge in [0.15, 0.2) is 0 Å². The number of hydrogen-bond donors (Lipinski definition) is 1. The van der Waals surface area contributed by atoms with Crippen molar-refractivity contribution in [3.8, 4) is 0 Å². The lowest BCUT2D eigenvalue weighted by atomic mass is 10.1. The lowest BCUT2D eigenvalue weighted by molar-refractivity contribution is 0.0555. The molecule has 2 aliphatic rings. The summed E-state index contributed by atoms with van der Waals surface area (Å²) >= 11 is 0. The third-order valence-corrected chi connectivity index (χ3v) is 4.35. The van der Waals surface area contributed by atoms with Gasteiger partial charge in [0, 0.05) is 11.7 Å². The van der Waals surface area contributed by atoms with Crippen molar-refractivity contribution in [1.82, 2.24) is 0 Å². The van der Waals surface area contributed by atoms with Gasteiger partial charge in [-0.3, -0.25) is 0 Å². The number of benzene rings is 2. The number of fused-ring (bicyclic) bond motifs is 1. The van der Waals surface area contributed by atoms with E-state index in [0.29, 0.717) is 18.2 Å². The van der Waals surface area contributed by atoms with Gasteiger partial charge in [0.25, 0.3) is 0 Å². The Bertz CT molecular complexity index is 571. The summed E-state index contributed by atoms with van der Waals surface area (Å²) in [7, 11) is 0. The number of para-hydroxylation sites is 1. The Morgan fingerprint density at radius 2 is 1.54 bits per heavy atom. The molecule has 2 aliphatic heterocycles. The van der Waals surface area contributed by atoms with E-state index in [9.17, 15) is 0 Å². The third kappa shape index (κ3) is 5.10. The van der Waals surface area contributed by atoms with Gasteiger partial charge in [-0.25, -0.2) is 0 Å². The number of anilines is 1. The number of hydrogen-bond acceptors (Lipinski definition) is 2. The molecule has 1 fully saturated rings. The van der Waals surface area contributed by atoms with E-state index in [1.807, 2.05) is 6.07 Å². The second kappa shape index (κ2) is 9.48. The predicted octanol–water partition coefficient (Wildman–Crippen LogP) is 6.24. The highest BCUT2D eigenvalue weighted by Crippen LogP contribution is 2.31. The molecular formula is C22H33NO. The van der Waals surface area contributed by atoms with Crippen LogP contribution in [0, 0.1) is 0 Å². The zero-order valence-electron chi connectivity index (χ0n) is 13.5. The van der Waals surface area contributed by atoms with Crippen LogP contribution >= 0.6 is 0 Å². The Kier molecular flexibility index (Phi) is 8.00. The molecule has 2 aromatic carbocycles. The number of ether oxygens (including phenoxy) is 1. The minimum absolute atomic E-state index is 0. The Hall–Kier alpha value is -1.80. The van der Waals surface area contributed by atoms with Gasteiger partial charge < -0.3 is 10.1 Å². The second-order valence-electron chi connectivity index (χ2n) is 6.33. The summed E-state index contributed by atoms with van der Waals surface area (Å²) in [6, 6.07) is 19.6. The van der Waals surface area contributed by atoms with Crippen LogP contribution in [-0.2, 0) is 11.2 Å². The third-order valence-electron chi connectivity index (χ3n) is 4.35. The molecule has 1 N–H and O–H groups in total. The van der Waals surface area contributed by atoms with Crippen LogP contribution in [0.1, 0.15) is 58.8 Å². The van der Waals surface area contributed by atoms with Gasteiger partial charge in [-0.2, -0.15) is 0 Å². The first-order valence-corrected chi connectivity index (χ1v) is 8.27. The molecule has 132 valence electrons. The molecule has 0 aromatic heterocycles. The molecule has 2 heteroatoms. The van der Waals surface area contributed by atoms with Crippen LogP contribution in [0.5, 0.6) is 0 Å². The average molecular weight is 328 g/mol. The van der Waals surface area contributed by atoms with E-state index >= 15 is 0 Å². The van der Waals surface area contributed by atoms with E-state index in [1.54, 1.807) is 0 Å². The van der Waals surface area contributed by atoms with Crippen molar-refractivity contribution < 1.29 is 4.74 Å². The first-order valence-electron chi connectivity index (χ1n) is 8.27. The fourth-order valence-electron chi connectivity index (χ4n) is 3.20. The highest BCUT2D eigenvalue weighted by atomic mass is 16.5. The van der Waals surface area contributed by atoms with E-state index in [0.717, 1.165) is 0 Å². The Labute approximate surface area is 148 Å². The summed E-state index contributed by atoms with van der Waals surface area (Å²) in [6.07, 6.45) is 4.33. The summed E-state index contributed by atoms with van der Waals surface area (Å²) < 4.78 is 5.75. The van der Waals surface area contributed by atoms with Crippen LogP contribution in [0.3, 0.4) is 0 Å². The Morgan fingerprint density at radius 1 is 0.875 bits per heavy atom. The molecule has 0 aliphatic carbocycles. The molecular weight excluding hydrogens is 294 g/mol. The molecule has 0 saturated carbocycles. The van der Waals surface area contributed by atoms with Crippen LogP contribution in [0.15, 0.2) is 54.6 Å². The fourth-order valence-corrected chi connectivity index (χ4v) is 3.20. The van der Waals surface area contributed by atoms with Crippen molar-refractivity contribution in [2.75, 3.05) is 5.32 Å². The molecule has 4 rings (SSSR count). The first-order chi connectivity index (χ1) is 10.7. The van der Waals surface area contributed by atoms with Gasteiger partial charge in [0.1, 0.15) is 0 Å². The highest BCUT2D eigenvalue weighted by molar-refractivity contribution is 5.56. The van der Waals surface area contributed by atoms with E-state index in [2.05, 4.69) is 67.7 Å². The van der Waals surface area contributed by atoms with E-state index in [4.69, 9.17) is 4.74 Å². The summed E-state index contributed by atoms with van der Waals surface area (Å²) in [4.78, 5) is 0. The van der Waals surface area contributed by atoms with Crippen LogP contribution in [-0.4, -0.2) is 12.1 Å². The topological polar surface area (TPSA) is 21.3 Å². The molecule has 3 atom stereocenters. The van der Waals surface area contributed by atoms with Gasteiger partial charge in [-0.1, -0.05) is 63.4 Å². The monoisotopic (exact) mass is 327 g/mol. The zero-order valence-corrected chi connectivity index (χ0v) is 13.5. The molecule has 1 saturated heterocycles. The maximum absolute atomic E-state index is 5.75. The van der Waals surface area contributed by atoms with Gasteiger partial charge >= 0.3 is 0 Å². The number of rotatable bonds is 1. The molecule has 0 bridgehead atoms. The average Bonchev–Trinajstić information content (AvgIpc) is 3.13. The molecule has 0 radical (unpaired) electrons. The normalized spacial score (nSPS) is 23.7. The van der Waals surface area contributed by atoms with Gasteiger partial charge in [-0.15, -0.1) is 0 Å². The summed E-state index contributed by atoms with van der Waals surface area (Å²) in [5.74, 6) is 0. The van der Waals surface area contributed by atoms with Crippen LogP contribution in [0.25, 0.3) is 0 Å². The van der Waals surface area contributed by atoms with Crippen molar-refractivity contribution in [3.05, 3.63) is 65.7 Å². The maximum Gasteiger partial charge on any atom is 0.0829 e. The van der Waals surface area contributed by atoms with Gasteiger partial charge in [0.05, 0.1) is 12.2 Å². The minimum atomic E-state index is 0. The van der Waals surface area contributed by atoms with Crippen molar-refractivity contribution in [2.24, 2.45) is 0 Å². The van der Waals surface area contributed by atoms with Crippen LogP contribution in [0.2, 0.25) is 0 Å². The summed E-state index contributed by atoms with van der Waals surface area (Å²) in [6.45, 7) is 4.35. The minimum Gasteiger partial charge on any atom is -0.382 e. The largest absolute Gasteiger partial charge is 0.382 e. The molecule has 2 heterocycles. The predicted molar refractivity (Wildman–Crippen MR) is 106 cm³/mol. The molecule has 2 nitrogen and oxygen atoms in total. The van der Waals surface area contributed by atoms with Gasteiger partial charge in [0.2, 0.25) is 0 Å². The van der Waals surface area contributed by atoms with Crippen molar-refractivity contribution >= 4 is 5.69 Å². The zero-order chi connectivity index (χ0) is 15.4.